The standard InChI is InChI=1S/C15H20N4O2.CH4/c1-4-9-21-11-7-5-10(6-8-11)13-12(15(20)17-2)14(16)19(3)18-13;/h5-8H,4,9,16H2,1-3H3,(H,17,20);1H4. The Hall–Kier alpha value is -2.50. The van der Waals surface area contributed by atoms with Gasteiger partial charge in [-0.2, -0.15) is 5.10 Å². The van der Waals surface area contributed by atoms with Crippen LogP contribution >= 0.6 is 0 Å². The third-order valence-electron chi connectivity index (χ3n) is 3.15. The van der Waals surface area contributed by atoms with Crippen molar-refractivity contribution in [2.75, 3.05) is 19.4 Å². The smallest absolute Gasteiger partial charge is 0.257 e. The Bertz CT molecular complexity index is 632. The molecule has 0 spiro atoms. The molecule has 2 aromatic rings. The van der Waals surface area contributed by atoms with Crippen LogP contribution in [0.5, 0.6) is 5.75 Å². The summed E-state index contributed by atoms with van der Waals surface area (Å²) >= 11 is 0. The zero-order valence-electron chi connectivity index (χ0n) is 12.5. The van der Waals surface area contributed by atoms with Crippen LogP contribution in [-0.4, -0.2) is 29.3 Å². The lowest BCUT2D eigenvalue weighted by atomic mass is 10.1. The summed E-state index contributed by atoms with van der Waals surface area (Å²) in [5.74, 6) is 0.892. The summed E-state index contributed by atoms with van der Waals surface area (Å²) in [6.45, 7) is 2.74. The first-order chi connectivity index (χ1) is 10.1. The highest BCUT2D eigenvalue weighted by molar-refractivity contribution is 6.04. The van der Waals surface area contributed by atoms with Crippen molar-refractivity contribution in [1.29, 1.82) is 0 Å². The number of aryl methyl sites for hydroxylation is 1. The molecule has 1 heterocycles. The highest BCUT2D eigenvalue weighted by atomic mass is 16.5. The van der Waals surface area contributed by atoms with E-state index in [9.17, 15) is 4.79 Å². The van der Waals surface area contributed by atoms with Crippen LogP contribution in [0.2, 0.25) is 0 Å². The van der Waals surface area contributed by atoms with Gasteiger partial charge in [0, 0.05) is 19.7 Å². The van der Waals surface area contributed by atoms with Gasteiger partial charge in [0.05, 0.1) is 6.61 Å². The molecule has 3 N–H and O–H groups in total. The lowest BCUT2D eigenvalue weighted by Crippen LogP contribution is -2.19. The first-order valence-electron chi connectivity index (χ1n) is 6.86. The molecule has 0 unspecified atom stereocenters. The van der Waals surface area contributed by atoms with Gasteiger partial charge in [0.1, 0.15) is 22.8 Å². The molecule has 1 aromatic carbocycles. The highest BCUT2D eigenvalue weighted by Gasteiger charge is 2.21. The number of carbonyl (C=O) groups is 1. The van der Waals surface area contributed by atoms with Crippen molar-refractivity contribution >= 4 is 11.7 Å². The van der Waals surface area contributed by atoms with Crippen molar-refractivity contribution in [3.05, 3.63) is 29.8 Å². The molecule has 0 fully saturated rings. The van der Waals surface area contributed by atoms with E-state index < -0.39 is 0 Å². The van der Waals surface area contributed by atoms with Gasteiger partial charge < -0.3 is 15.8 Å². The van der Waals surface area contributed by atoms with Gasteiger partial charge in [-0.1, -0.05) is 14.4 Å². The van der Waals surface area contributed by atoms with E-state index in [1.165, 1.54) is 4.68 Å². The van der Waals surface area contributed by atoms with Crippen LogP contribution < -0.4 is 15.8 Å². The number of benzene rings is 1. The number of nitrogens with one attached hydrogen (secondary N) is 1. The summed E-state index contributed by atoms with van der Waals surface area (Å²) in [5.41, 5.74) is 7.71. The number of rotatable bonds is 5. The lowest BCUT2D eigenvalue weighted by Gasteiger charge is -2.06. The summed E-state index contributed by atoms with van der Waals surface area (Å²) in [6, 6.07) is 7.48. The predicted molar refractivity (Wildman–Crippen MR) is 89.0 cm³/mol. The lowest BCUT2D eigenvalue weighted by molar-refractivity contribution is 0.0964. The number of carbonyl (C=O) groups excluding carboxylic acids is 1. The van der Waals surface area contributed by atoms with Crippen molar-refractivity contribution in [2.45, 2.75) is 20.8 Å². The van der Waals surface area contributed by atoms with Crippen LogP contribution in [0.15, 0.2) is 24.3 Å². The van der Waals surface area contributed by atoms with Gasteiger partial charge in [-0.05, 0) is 30.7 Å². The number of aromatic nitrogens is 2. The predicted octanol–water partition coefficient (Wildman–Crippen LogP) is 2.45. The molecule has 0 radical (unpaired) electrons. The molecule has 2 rings (SSSR count). The second kappa shape index (κ2) is 7.49. The minimum atomic E-state index is -0.248. The minimum Gasteiger partial charge on any atom is -0.494 e. The van der Waals surface area contributed by atoms with Gasteiger partial charge in [-0.25, -0.2) is 0 Å². The number of nitrogen functional groups attached to an aromatic ring is 1. The molecule has 6 nitrogen and oxygen atoms in total. The largest absolute Gasteiger partial charge is 0.494 e. The van der Waals surface area contributed by atoms with Crippen LogP contribution in [0.3, 0.4) is 0 Å². The van der Waals surface area contributed by atoms with Crippen molar-refractivity contribution in [1.82, 2.24) is 15.1 Å². The van der Waals surface area contributed by atoms with E-state index >= 15 is 0 Å². The zero-order chi connectivity index (χ0) is 15.4. The normalized spacial score (nSPS) is 9.95. The van der Waals surface area contributed by atoms with Crippen molar-refractivity contribution in [2.24, 2.45) is 7.05 Å². The minimum absolute atomic E-state index is 0. The van der Waals surface area contributed by atoms with E-state index in [1.807, 2.05) is 24.3 Å². The molecule has 0 atom stereocenters. The summed E-state index contributed by atoms with van der Waals surface area (Å²) in [5, 5.41) is 6.92. The Balaban J connectivity index is 0.00000242. The maximum Gasteiger partial charge on any atom is 0.257 e. The maximum atomic E-state index is 12.0. The summed E-state index contributed by atoms with van der Waals surface area (Å²) in [7, 11) is 3.28. The number of anilines is 1. The Morgan fingerprint density at radius 3 is 2.55 bits per heavy atom. The summed E-state index contributed by atoms with van der Waals surface area (Å²) in [4.78, 5) is 12.0. The second-order valence-electron chi connectivity index (χ2n) is 4.68. The number of nitrogens with two attached hydrogens (primary N) is 1. The van der Waals surface area contributed by atoms with E-state index in [4.69, 9.17) is 10.5 Å². The van der Waals surface area contributed by atoms with Crippen molar-refractivity contribution in [3.8, 4) is 17.0 Å². The first kappa shape index (κ1) is 17.6. The SMILES string of the molecule is C.CCCOc1ccc(-c2nn(C)c(N)c2C(=O)NC)cc1. The quantitative estimate of drug-likeness (QED) is 0.889. The van der Waals surface area contributed by atoms with Crippen LogP contribution in [0.25, 0.3) is 11.3 Å². The maximum absolute atomic E-state index is 12.0. The Morgan fingerprint density at radius 2 is 2.00 bits per heavy atom. The van der Waals surface area contributed by atoms with Gasteiger partial charge in [-0.15, -0.1) is 0 Å². The van der Waals surface area contributed by atoms with Crippen LogP contribution in [-0.2, 0) is 7.05 Å². The highest BCUT2D eigenvalue weighted by Crippen LogP contribution is 2.28. The van der Waals surface area contributed by atoms with Crippen molar-refractivity contribution in [3.63, 3.8) is 0 Å². The molecular formula is C16H24N4O2. The van der Waals surface area contributed by atoms with E-state index in [0.29, 0.717) is 23.7 Å². The zero-order valence-corrected chi connectivity index (χ0v) is 12.5. The molecule has 22 heavy (non-hydrogen) atoms. The first-order valence-corrected chi connectivity index (χ1v) is 6.86. The number of hydrogen-bond acceptors (Lipinski definition) is 4. The Labute approximate surface area is 131 Å². The average Bonchev–Trinajstić information content (AvgIpc) is 2.80. The monoisotopic (exact) mass is 304 g/mol. The number of nitrogens with zero attached hydrogens (tertiary/aromatic N) is 2. The second-order valence-corrected chi connectivity index (χ2v) is 4.68. The molecule has 0 saturated carbocycles. The van der Waals surface area contributed by atoms with E-state index in [0.717, 1.165) is 17.7 Å². The van der Waals surface area contributed by atoms with Crippen LogP contribution in [0.4, 0.5) is 5.82 Å². The number of ether oxygens (including phenoxy) is 1. The van der Waals surface area contributed by atoms with Gasteiger partial charge in [0.25, 0.3) is 5.91 Å². The number of amides is 1. The van der Waals surface area contributed by atoms with E-state index in [1.54, 1.807) is 14.1 Å². The third-order valence-corrected chi connectivity index (χ3v) is 3.15. The number of hydrogen-bond donors (Lipinski definition) is 2. The molecule has 120 valence electrons. The molecular weight excluding hydrogens is 280 g/mol. The Morgan fingerprint density at radius 1 is 1.36 bits per heavy atom. The molecule has 0 aliphatic rings. The summed E-state index contributed by atoms with van der Waals surface area (Å²) in [6.07, 6.45) is 0.958. The van der Waals surface area contributed by atoms with Gasteiger partial charge >= 0.3 is 0 Å². The third kappa shape index (κ3) is 3.39. The molecule has 0 aliphatic carbocycles. The topological polar surface area (TPSA) is 82.2 Å². The molecule has 0 bridgehead atoms. The fraction of sp³-hybridized carbons (Fsp3) is 0.375. The average molecular weight is 304 g/mol. The molecule has 0 aliphatic heterocycles. The van der Waals surface area contributed by atoms with Gasteiger partial charge in [0.15, 0.2) is 0 Å². The fourth-order valence-electron chi connectivity index (χ4n) is 2.02. The summed E-state index contributed by atoms with van der Waals surface area (Å²) < 4.78 is 7.05. The van der Waals surface area contributed by atoms with Crippen molar-refractivity contribution < 1.29 is 9.53 Å². The van der Waals surface area contributed by atoms with E-state index in [-0.39, 0.29) is 13.3 Å². The molecule has 1 amide bonds. The molecule has 0 saturated heterocycles. The van der Waals surface area contributed by atoms with Crippen LogP contribution in [0.1, 0.15) is 31.1 Å². The van der Waals surface area contributed by atoms with E-state index in [2.05, 4.69) is 17.3 Å². The fourth-order valence-corrected chi connectivity index (χ4v) is 2.02. The molecule has 6 heteroatoms. The van der Waals surface area contributed by atoms with Crippen LogP contribution in [0, 0.1) is 0 Å². The van der Waals surface area contributed by atoms with Gasteiger partial charge in [0.2, 0.25) is 0 Å². The molecule has 1 aromatic heterocycles. The van der Waals surface area contributed by atoms with Gasteiger partial charge in [-0.3, -0.25) is 9.48 Å². The Kier molecular flexibility index (Phi) is 5.98.